The molecule has 0 saturated carbocycles. The van der Waals surface area contributed by atoms with Crippen LogP contribution in [0.15, 0.2) is 24.4 Å². The number of fused-ring (bicyclic) bond motifs is 3. The molecular weight excluding hydrogens is 228 g/mol. The first-order valence-corrected chi connectivity index (χ1v) is 6.16. The van der Waals surface area contributed by atoms with Gasteiger partial charge in [0.2, 0.25) is 0 Å². The predicted molar refractivity (Wildman–Crippen MR) is 68.8 cm³/mol. The van der Waals surface area contributed by atoms with E-state index in [2.05, 4.69) is 22.3 Å². The van der Waals surface area contributed by atoms with E-state index in [-0.39, 0.29) is 0 Å². The van der Waals surface area contributed by atoms with Gasteiger partial charge in [-0.05, 0) is 23.8 Å². The molecule has 94 valence electrons. The molecule has 1 aromatic heterocycles. The average molecular weight is 244 g/mol. The van der Waals surface area contributed by atoms with Crippen molar-refractivity contribution in [2.24, 2.45) is 0 Å². The Kier molecular flexibility index (Phi) is 3.02. The Morgan fingerprint density at radius 1 is 1.28 bits per heavy atom. The molecular formula is C14H16N2O2. The van der Waals surface area contributed by atoms with Gasteiger partial charge in [0, 0.05) is 37.7 Å². The topological polar surface area (TPSA) is 47.1 Å². The molecule has 0 aliphatic heterocycles. The Labute approximate surface area is 106 Å². The molecule has 0 radical (unpaired) electrons. The molecule has 0 amide bonds. The number of hydrogen-bond donors (Lipinski definition) is 1. The molecule has 4 heteroatoms. The lowest BCUT2D eigenvalue weighted by Gasteiger charge is -2.07. The van der Waals surface area contributed by atoms with Crippen molar-refractivity contribution >= 4 is 0 Å². The zero-order valence-electron chi connectivity index (χ0n) is 10.4. The second kappa shape index (κ2) is 4.82. The summed E-state index contributed by atoms with van der Waals surface area (Å²) in [5, 5.41) is 7.11. The lowest BCUT2D eigenvalue weighted by molar-refractivity contribution is 0.172. The van der Waals surface area contributed by atoms with E-state index in [0.717, 1.165) is 30.9 Å². The van der Waals surface area contributed by atoms with Crippen molar-refractivity contribution in [2.45, 2.75) is 12.8 Å². The number of rotatable bonds is 5. The molecule has 2 aromatic rings. The second-order valence-electron chi connectivity index (χ2n) is 4.46. The molecule has 4 nitrogen and oxygen atoms in total. The molecule has 0 bridgehead atoms. The summed E-state index contributed by atoms with van der Waals surface area (Å²) >= 11 is 0. The van der Waals surface area contributed by atoms with Crippen LogP contribution in [0.2, 0.25) is 0 Å². The summed E-state index contributed by atoms with van der Waals surface area (Å²) in [5.74, 6) is 0.933. The molecule has 0 saturated heterocycles. The van der Waals surface area contributed by atoms with Crippen LogP contribution in [-0.4, -0.2) is 30.5 Å². The van der Waals surface area contributed by atoms with Gasteiger partial charge in [0.25, 0.3) is 0 Å². The van der Waals surface area contributed by atoms with Crippen molar-refractivity contribution in [1.29, 1.82) is 0 Å². The van der Waals surface area contributed by atoms with Crippen LogP contribution in [0, 0.1) is 0 Å². The first-order valence-electron chi connectivity index (χ1n) is 6.16. The maximum Gasteiger partial charge on any atom is 0.119 e. The van der Waals surface area contributed by atoms with Crippen LogP contribution in [0.3, 0.4) is 0 Å². The average Bonchev–Trinajstić information content (AvgIpc) is 2.94. The Bertz CT molecular complexity index is 548. The lowest BCUT2D eigenvalue weighted by atomic mass is 10.1. The summed E-state index contributed by atoms with van der Waals surface area (Å²) in [4.78, 5) is 0. The van der Waals surface area contributed by atoms with Crippen LogP contribution < -0.4 is 4.74 Å². The molecule has 0 fully saturated rings. The number of ether oxygens (including phenoxy) is 2. The van der Waals surface area contributed by atoms with Gasteiger partial charge in [0.15, 0.2) is 0 Å². The predicted octanol–water partition coefficient (Wildman–Crippen LogP) is 2.40. The zero-order chi connectivity index (χ0) is 12.4. The minimum absolute atomic E-state index is 0.694. The third-order valence-corrected chi connectivity index (χ3v) is 3.21. The Morgan fingerprint density at radius 3 is 3.11 bits per heavy atom. The van der Waals surface area contributed by atoms with Gasteiger partial charge in [-0.25, -0.2) is 0 Å². The van der Waals surface area contributed by atoms with E-state index in [1.807, 2.05) is 12.3 Å². The van der Waals surface area contributed by atoms with Crippen molar-refractivity contribution in [3.8, 4) is 17.0 Å². The minimum atomic E-state index is 0.694. The molecule has 0 unspecified atom stereocenters. The fraction of sp³-hybridized carbons (Fsp3) is 0.357. The van der Waals surface area contributed by atoms with Gasteiger partial charge in [-0.3, -0.25) is 5.10 Å². The number of aromatic amines is 1. The van der Waals surface area contributed by atoms with Crippen molar-refractivity contribution < 1.29 is 9.47 Å². The van der Waals surface area contributed by atoms with Crippen molar-refractivity contribution in [2.75, 3.05) is 20.3 Å². The summed E-state index contributed by atoms with van der Waals surface area (Å²) in [6.07, 6.45) is 3.75. The summed E-state index contributed by atoms with van der Waals surface area (Å²) in [7, 11) is 1.71. The largest absolute Gasteiger partial charge is 0.493 e. The van der Waals surface area contributed by atoms with Crippen LogP contribution in [0.4, 0.5) is 0 Å². The number of nitrogens with one attached hydrogen (secondary N) is 1. The van der Waals surface area contributed by atoms with E-state index in [1.165, 1.54) is 16.7 Å². The van der Waals surface area contributed by atoms with Crippen LogP contribution in [0.25, 0.3) is 11.3 Å². The van der Waals surface area contributed by atoms with E-state index >= 15 is 0 Å². The zero-order valence-corrected chi connectivity index (χ0v) is 10.4. The normalized spacial score (nSPS) is 12.3. The van der Waals surface area contributed by atoms with Gasteiger partial charge < -0.3 is 9.47 Å². The first kappa shape index (κ1) is 11.3. The smallest absolute Gasteiger partial charge is 0.119 e. The Morgan fingerprint density at radius 2 is 2.22 bits per heavy atom. The summed E-state index contributed by atoms with van der Waals surface area (Å²) in [6.45, 7) is 1.43. The van der Waals surface area contributed by atoms with Gasteiger partial charge >= 0.3 is 0 Å². The fourth-order valence-electron chi connectivity index (χ4n) is 2.33. The molecule has 1 N–H and O–H groups in total. The minimum Gasteiger partial charge on any atom is -0.493 e. The third-order valence-electron chi connectivity index (χ3n) is 3.21. The van der Waals surface area contributed by atoms with Crippen molar-refractivity contribution in [3.63, 3.8) is 0 Å². The van der Waals surface area contributed by atoms with Crippen molar-refractivity contribution in [1.82, 2.24) is 10.2 Å². The highest BCUT2D eigenvalue weighted by molar-refractivity contribution is 5.73. The van der Waals surface area contributed by atoms with E-state index < -0.39 is 0 Å². The molecule has 18 heavy (non-hydrogen) atoms. The standard InChI is InChI=1S/C14H16N2O2/c1-17-5-2-6-18-12-3-4-13-10(8-12)7-11-9-15-16-14(11)13/h3-4,8-9H,2,5-7H2,1H3,(H,15,16). The highest BCUT2D eigenvalue weighted by Crippen LogP contribution is 2.36. The number of methoxy groups -OCH3 is 1. The highest BCUT2D eigenvalue weighted by Gasteiger charge is 2.20. The molecule has 1 heterocycles. The number of hydrogen-bond acceptors (Lipinski definition) is 3. The summed E-state index contributed by atoms with van der Waals surface area (Å²) in [5.41, 5.74) is 4.96. The van der Waals surface area contributed by atoms with E-state index in [4.69, 9.17) is 9.47 Å². The maximum absolute atomic E-state index is 5.70. The monoisotopic (exact) mass is 244 g/mol. The van der Waals surface area contributed by atoms with Crippen LogP contribution >= 0.6 is 0 Å². The first-order chi connectivity index (χ1) is 8.88. The lowest BCUT2D eigenvalue weighted by Crippen LogP contribution is -2.01. The molecule has 1 aliphatic rings. The van der Waals surface area contributed by atoms with Gasteiger partial charge in [0.05, 0.1) is 18.5 Å². The molecule has 1 aromatic carbocycles. The van der Waals surface area contributed by atoms with E-state index in [9.17, 15) is 0 Å². The number of nitrogens with zero attached hydrogens (tertiary/aromatic N) is 1. The molecule has 0 atom stereocenters. The van der Waals surface area contributed by atoms with Crippen LogP contribution in [0.1, 0.15) is 17.5 Å². The third kappa shape index (κ3) is 1.99. The second-order valence-corrected chi connectivity index (χ2v) is 4.46. The number of benzene rings is 1. The van der Waals surface area contributed by atoms with Crippen molar-refractivity contribution in [3.05, 3.63) is 35.5 Å². The Hall–Kier alpha value is -1.81. The quantitative estimate of drug-likeness (QED) is 0.701. The van der Waals surface area contributed by atoms with Gasteiger partial charge in [-0.2, -0.15) is 5.10 Å². The fourth-order valence-corrected chi connectivity index (χ4v) is 2.33. The maximum atomic E-state index is 5.70. The summed E-state index contributed by atoms with van der Waals surface area (Å²) < 4.78 is 10.7. The molecule has 0 spiro atoms. The van der Waals surface area contributed by atoms with Crippen LogP contribution in [0.5, 0.6) is 5.75 Å². The highest BCUT2D eigenvalue weighted by atomic mass is 16.5. The van der Waals surface area contributed by atoms with E-state index in [0.29, 0.717) is 6.61 Å². The SMILES string of the molecule is COCCCOc1ccc2c(c1)Cc1cn[nH]c1-2. The van der Waals surface area contributed by atoms with E-state index in [1.54, 1.807) is 7.11 Å². The number of H-pyrrole nitrogens is 1. The number of aromatic nitrogens is 2. The van der Waals surface area contributed by atoms with Gasteiger partial charge in [-0.1, -0.05) is 0 Å². The van der Waals surface area contributed by atoms with Gasteiger partial charge in [0.1, 0.15) is 5.75 Å². The molecule has 3 rings (SSSR count). The van der Waals surface area contributed by atoms with Crippen LogP contribution in [-0.2, 0) is 11.2 Å². The summed E-state index contributed by atoms with van der Waals surface area (Å²) in [6, 6.07) is 6.24. The Balaban J connectivity index is 1.71. The molecule has 1 aliphatic carbocycles. The van der Waals surface area contributed by atoms with Gasteiger partial charge in [-0.15, -0.1) is 0 Å².